The van der Waals surface area contributed by atoms with Crippen molar-refractivity contribution in [1.29, 1.82) is 0 Å². The highest BCUT2D eigenvalue weighted by atomic mass is 16.7. The predicted molar refractivity (Wildman–Crippen MR) is 151 cm³/mol. The number of nitrogens with zero attached hydrogens (tertiary/aromatic N) is 2. The third-order valence-corrected chi connectivity index (χ3v) is 8.20. The first-order valence-electron chi connectivity index (χ1n) is 15.3. The third kappa shape index (κ3) is 8.77. The number of hydrogen-bond acceptors (Lipinski definition) is 6. The minimum atomic E-state index is -1.14. The second-order valence-corrected chi connectivity index (χ2v) is 13.3. The molecular formula is C31H56N2O5. The van der Waals surface area contributed by atoms with Gasteiger partial charge in [-0.05, 0) is 67.7 Å². The summed E-state index contributed by atoms with van der Waals surface area (Å²) in [6, 6.07) is -0.178. The molecule has 0 aromatic heterocycles. The maximum absolute atomic E-state index is 13.4. The average Bonchev–Trinajstić information content (AvgIpc) is 3.10. The van der Waals surface area contributed by atoms with Crippen molar-refractivity contribution >= 4 is 17.8 Å². The summed E-state index contributed by atoms with van der Waals surface area (Å²) in [6.45, 7) is 16.0. The van der Waals surface area contributed by atoms with Crippen LogP contribution in [-0.2, 0) is 24.0 Å². The number of rotatable bonds is 16. The van der Waals surface area contributed by atoms with Gasteiger partial charge in [0, 0.05) is 29.5 Å². The van der Waals surface area contributed by atoms with Crippen molar-refractivity contribution in [3.05, 3.63) is 0 Å². The van der Waals surface area contributed by atoms with Crippen molar-refractivity contribution in [3.8, 4) is 0 Å². The van der Waals surface area contributed by atoms with Gasteiger partial charge in [0.2, 0.25) is 11.8 Å². The molecule has 0 spiro atoms. The van der Waals surface area contributed by atoms with Crippen LogP contribution in [0.25, 0.3) is 0 Å². The molecule has 1 atom stereocenters. The van der Waals surface area contributed by atoms with Gasteiger partial charge in [0.1, 0.15) is 0 Å². The van der Waals surface area contributed by atoms with Crippen molar-refractivity contribution in [3.63, 3.8) is 0 Å². The number of unbranched alkanes of at least 4 members (excludes halogenated alkanes) is 9. The van der Waals surface area contributed by atoms with Gasteiger partial charge in [0.25, 0.3) is 0 Å². The number of imide groups is 1. The molecule has 2 rings (SSSR count). The van der Waals surface area contributed by atoms with E-state index in [2.05, 4.69) is 34.6 Å². The monoisotopic (exact) mass is 536 g/mol. The van der Waals surface area contributed by atoms with Gasteiger partial charge in [-0.2, -0.15) is 5.06 Å². The van der Waals surface area contributed by atoms with E-state index < -0.39 is 22.6 Å². The minimum Gasteiger partial charge on any atom is -0.464 e. The van der Waals surface area contributed by atoms with Gasteiger partial charge in [-0.1, -0.05) is 71.1 Å². The number of esters is 1. The molecule has 0 radical (unpaired) electrons. The lowest BCUT2D eigenvalue weighted by Gasteiger charge is -2.56. The number of hydroxylamine groups is 2. The van der Waals surface area contributed by atoms with Crippen molar-refractivity contribution in [2.24, 2.45) is 5.92 Å². The fraction of sp³-hybridized carbons (Fsp3) is 0.903. The van der Waals surface area contributed by atoms with Gasteiger partial charge in [0.15, 0.2) is 5.60 Å². The van der Waals surface area contributed by atoms with E-state index in [-0.39, 0.29) is 23.8 Å². The van der Waals surface area contributed by atoms with Crippen LogP contribution in [0.4, 0.5) is 0 Å². The summed E-state index contributed by atoms with van der Waals surface area (Å²) in [5.41, 5.74) is -2.13. The van der Waals surface area contributed by atoms with E-state index in [4.69, 9.17) is 9.57 Å². The van der Waals surface area contributed by atoms with Gasteiger partial charge in [-0.25, -0.2) is 4.79 Å². The number of carbonyl (C=O) groups excluding carboxylic acids is 3. The number of ether oxygens (including phenoxy) is 1. The number of likely N-dealkylation sites (tertiary alicyclic amines) is 1. The highest BCUT2D eigenvalue weighted by molar-refractivity contribution is 6.03. The van der Waals surface area contributed by atoms with Crippen LogP contribution in [0, 0.1) is 5.92 Å². The quantitative estimate of drug-likeness (QED) is 0.120. The molecule has 0 bridgehead atoms. The Morgan fingerprint density at radius 1 is 0.868 bits per heavy atom. The van der Waals surface area contributed by atoms with E-state index in [1.807, 2.05) is 5.06 Å². The topological polar surface area (TPSA) is 76.2 Å². The van der Waals surface area contributed by atoms with E-state index in [1.165, 1.54) is 51.4 Å². The van der Waals surface area contributed by atoms with Gasteiger partial charge >= 0.3 is 5.97 Å². The Hall–Kier alpha value is -1.47. The maximum atomic E-state index is 13.4. The molecule has 0 N–H and O–H groups in total. The van der Waals surface area contributed by atoms with E-state index in [0.717, 1.165) is 19.3 Å². The smallest absolute Gasteiger partial charge is 0.339 e. The van der Waals surface area contributed by atoms with Crippen LogP contribution < -0.4 is 0 Å². The molecular weight excluding hydrogens is 480 g/mol. The number of amides is 2. The van der Waals surface area contributed by atoms with Gasteiger partial charge in [-0.3, -0.25) is 19.3 Å². The standard InChI is InChI=1S/C31H56N2O5/c1-9-11-12-13-14-15-16-17-18-19-20-24-21-26(34)32(27(24)35)25-22-29(3,4)33(30(5,6)23-25)38-31(7,8)28(36)37-10-2/h24-25H,9-23H2,1-8H3. The first kappa shape index (κ1) is 32.7. The van der Waals surface area contributed by atoms with E-state index in [1.54, 1.807) is 25.7 Å². The minimum absolute atomic E-state index is 0.00347. The van der Waals surface area contributed by atoms with Crippen molar-refractivity contribution in [1.82, 2.24) is 9.96 Å². The fourth-order valence-electron chi connectivity index (χ4n) is 6.41. The molecule has 0 saturated carbocycles. The Labute approximate surface area is 232 Å². The molecule has 2 saturated heterocycles. The summed E-state index contributed by atoms with van der Waals surface area (Å²) in [6.07, 6.45) is 15.0. The fourth-order valence-corrected chi connectivity index (χ4v) is 6.41. The van der Waals surface area contributed by atoms with Crippen LogP contribution in [-0.4, -0.2) is 57.1 Å². The zero-order valence-corrected chi connectivity index (χ0v) is 25.7. The number of piperidine rings is 1. The lowest BCUT2D eigenvalue weighted by molar-refractivity contribution is -0.328. The second kappa shape index (κ2) is 14.2. The van der Waals surface area contributed by atoms with E-state index in [9.17, 15) is 14.4 Å². The zero-order chi connectivity index (χ0) is 28.6. The summed E-state index contributed by atoms with van der Waals surface area (Å²) in [4.78, 5) is 46.8. The molecule has 2 heterocycles. The van der Waals surface area contributed by atoms with Crippen molar-refractivity contribution < 1.29 is 24.0 Å². The molecule has 0 aromatic rings. The Kier molecular flexibility index (Phi) is 12.3. The van der Waals surface area contributed by atoms with Gasteiger partial charge in [-0.15, -0.1) is 0 Å². The van der Waals surface area contributed by atoms with Crippen LogP contribution in [0.5, 0.6) is 0 Å². The van der Waals surface area contributed by atoms with Crippen LogP contribution in [0.2, 0.25) is 0 Å². The zero-order valence-electron chi connectivity index (χ0n) is 25.7. The lowest BCUT2D eigenvalue weighted by Crippen LogP contribution is -2.66. The molecule has 1 unspecified atom stereocenters. The Balaban J connectivity index is 1.90. The summed E-state index contributed by atoms with van der Waals surface area (Å²) < 4.78 is 5.22. The molecule has 0 aliphatic carbocycles. The molecule has 220 valence electrons. The normalized spacial score (nSPS) is 22.3. The highest BCUT2D eigenvalue weighted by Gasteiger charge is 2.54. The highest BCUT2D eigenvalue weighted by Crippen LogP contribution is 2.43. The first-order chi connectivity index (χ1) is 17.8. The largest absolute Gasteiger partial charge is 0.464 e. The summed E-state index contributed by atoms with van der Waals surface area (Å²) in [5, 5.41) is 1.89. The van der Waals surface area contributed by atoms with Gasteiger partial charge < -0.3 is 4.74 Å². The second-order valence-electron chi connectivity index (χ2n) is 13.3. The summed E-state index contributed by atoms with van der Waals surface area (Å²) >= 11 is 0. The molecule has 2 amide bonds. The first-order valence-corrected chi connectivity index (χ1v) is 15.3. The molecule has 2 aliphatic heterocycles. The third-order valence-electron chi connectivity index (χ3n) is 8.20. The predicted octanol–water partition coefficient (Wildman–Crippen LogP) is 6.97. The Bertz CT molecular complexity index is 773. The van der Waals surface area contributed by atoms with Crippen molar-refractivity contribution in [2.45, 2.75) is 168 Å². The summed E-state index contributed by atoms with van der Waals surface area (Å²) in [5.74, 6) is -0.623. The molecule has 2 fully saturated rings. The van der Waals surface area contributed by atoms with Crippen LogP contribution in [0.15, 0.2) is 0 Å². The van der Waals surface area contributed by atoms with Gasteiger partial charge in [0.05, 0.1) is 6.61 Å². The number of carbonyl (C=O) groups is 3. The van der Waals surface area contributed by atoms with Crippen LogP contribution in [0.1, 0.15) is 145 Å². The average molecular weight is 537 g/mol. The van der Waals surface area contributed by atoms with E-state index >= 15 is 0 Å². The molecule has 2 aliphatic rings. The maximum Gasteiger partial charge on any atom is 0.339 e. The lowest BCUT2D eigenvalue weighted by atomic mass is 9.78. The molecule has 0 aromatic carbocycles. The summed E-state index contributed by atoms with van der Waals surface area (Å²) in [7, 11) is 0. The van der Waals surface area contributed by atoms with Crippen molar-refractivity contribution in [2.75, 3.05) is 6.61 Å². The van der Waals surface area contributed by atoms with E-state index in [0.29, 0.717) is 25.9 Å². The van der Waals surface area contributed by atoms with Crippen LogP contribution >= 0.6 is 0 Å². The number of hydrogen-bond donors (Lipinski definition) is 0. The SMILES string of the molecule is CCCCCCCCCCCCC1CC(=O)N(C2CC(C)(C)N(OC(C)(C)C(=O)OCC)C(C)(C)C2)C1=O. The van der Waals surface area contributed by atoms with Crippen LogP contribution in [0.3, 0.4) is 0 Å². The Morgan fingerprint density at radius 3 is 1.87 bits per heavy atom. The molecule has 7 nitrogen and oxygen atoms in total. The molecule has 38 heavy (non-hydrogen) atoms. The molecule has 7 heteroatoms. The Morgan fingerprint density at radius 2 is 1.37 bits per heavy atom.